The van der Waals surface area contributed by atoms with Gasteiger partial charge in [0, 0.05) is 45.2 Å². The molecule has 1 amide bonds. The van der Waals surface area contributed by atoms with Gasteiger partial charge in [-0.05, 0) is 39.8 Å². The van der Waals surface area contributed by atoms with E-state index in [1.807, 2.05) is 19.0 Å². The second-order valence-electron chi connectivity index (χ2n) is 6.38. The summed E-state index contributed by atoms with van der Waals surface area (Å²) in [7, 11) is 0.621. The van der Waals surface area contributed by atoms with Crippen LogP contribution in [-0.2, 0) is 15.0 Å². The van der Waals surface area contributed by atoms with Gasteiger partial charge in [-0.2, -0.15) is 17.0 Å². The number of piperidine rings is 1. The van der Waals surface area contributed by atoms with E-state index in [1.165, 1.54) is 0 Å². The van der Waals surface area contributed by atoms with Crippen LogP contribution in [0.1, 0.15) is 25.7 Å². The number of rotatable bonds is 6. The first-order valence-corrected chi connectivity index (χ1v) is 9.48. The Labute approximate surface area is 133 Å². The molecule has 128 valence electrons. The molecular formula is C14H28N4O3S. The normalized spacial score (nSPS) is 22.3. The number of amides is 1. The molecule has 2 rings (SSSR count). The highest BCUT2D eigenvalue weighted by molar-refractivity contribution is 7.86. The van der Waals surface area contributed by atoms with Crippen molar-refractivity contribution in [1.29, 1.82) is 0 Å². The van der Waals surface area contributed by atoms with Crippen molar-refractivity contribution in [2.45, 2.75) is 25.7 Å². The van der Waals surface area contributed by atoms with Gasteiger partial charge in [-0.25, -0.2) is 0 Å². The maximum Gasteiger partial charge on any atom is 0.281 e. The Balaban J connectivity index is 1.78. The van der Waals surface area contributed by atoms with Crippen LogP contribution in [0.15, 0.2) is 0 Å². The Hall–Kier alpha value is -0.700. The van der Waals surface area contributed by atoms with Gasteiger partial charge in [0.05, 0.1) is 0 Å². The summed E-state index contributed by atoms with van der Waals surface area (Å²) in [5.74, 6) is -0.00717. The van der Waals surface area contributed by atoms with Gasteiger partial charge < -0.3 is 10.2 Å². The Morgan fingerprint density at radius 3 is 2.18 bits per heavy atom. The summed E-state index contributed by atoms with van der Waals surface area (Å²) in [5, 5.41) is 2.93. The van der Waals surface area contributed by atoms with Gasteiger partial charge in [-0.15, -0.1) is 0 Å². The molecule has 0 unspecified atom stereocenters. The lowest BCUT2D eigenvalue weighted by molar-refractivity contribution is -0.126. The number of carbonyl (C=O) groups excluding carboxylic acids is 1. The highest BCUT2D eigenvalue weighted by Crippen LogP contribution is 2.23. The Kier molecular flexibility index (Phi) is 6.19. The lowest BCUT2D eigenvalue weighted by atomic mass is 9.97. The van der Waals surface area contributed by atoms with Crippen LogP contribution in [0.25, 0.3) is 0 Å². The van der Waals surface area contributed by atoms with Crippen LogP contribution in [0, 0.1) is 5.92 Å². The highest BCUT2D eigenvalue weighted by atomic mass is 32.2. The second-order valence-corrected chi connectivity index (χ2v) is 8.31. The lowest BCUT2D eigenvalue weighted by Gasteiger charge is -2.33. The van der Waals surface area contributed by atoms with Crippen LogP contribution in [0.5, 0.6) is 0 Å². The number of carbonyl (C=O) groups is 1. The Bertz CT molecular complexity index is 466. The summed E-state index contributed by atoms with van der Waals surface area (Å²) in [5.41, 5.74) is 0. The maximum atomic E-state index is 12.5. The van der Waals surface area contributed by atoms with Crippen molar-refractivity contribution in [2.75, 3.05) is 53.4 Å². The first-order valence-electron chi connectivity index (χ1n) is 8.09. The van der Waals surface area contributed by atoms with E-state index in [1.54, 1.807) is 8.61 Å². The van der Waals surface area contributed by atoms with Gasteiger partial charge in [-0.3, -0.25) is 4.79 Å². The van der Waals surface area contributed by atoms with Crippen molar-refractivity contribution in [2.24, 2.45) is 5.92 Å². The zero-order valence-corrected chi connectivity index (χ0v) is 14.4. The van der Waals surface area contributed by atoms with E-state index in [0.29, 0.717) is 45.6 Å². The smallest absolute Gasteiger partial charge is 0.281 e. The molecule has 0 aliphatic carbocycles. The summed E-state index contributed by atoms with van der Waals surface area (Å²) in [6, 6.07) is 0. The number of hydrogen-bond donors (Lipinski definition) is 1. The van der Waals surface area contributed by atoms with Crippen LogP contribution in [0.2, 0.25) is 0 Å². The molecule has 0 spiro atoms. The fourth-order valence-corrected chi connectivity index (χ4v) is 4.70. The molecule has 8 heteroatoms. The molecule has 2 fully saturated rings. The molecule has 0 bridgehead atoms. The molecule has 0 aromatic heterocycles. The predicted octanol–water partition coefficient (Wildman–Crippen LogP) is -0.283. The third-order valence-corrected chi connectivity index (χ3v) is 6.44. The summed E-state index contributed by atoms with van der Waals surface area (Å²) < 4.78 is 28.0. The third kappa shape index (κ3) is 4.41. The van der Waals surface area contributed by atoms with Gasteiger partial charge in [0.2, 0.25) is 5.91 Å². The molecule has 7 nitrogen and oxygen atoms in total. The van der Waals surface area contributed by atoms with Crippen molar-refractivity contribution in [3.63, 3.8) is 0 Å². The van der Waals surface area contributed by atoms with Gasteiger partial charge in [0.15, 0.2) is 0 Å². The van der Waals surface area contributed by atoms with Gasteiger partial charge >= 0.3 is 0 Å². The van der Waals surface area contributed by atoms with Crippen LogP contribution in [0.4, 0.5) is 0 Å². The fraction of sp³-hybridized carbons (Fsp3) is 0.929. The minimum Gasteiger partial charge on any atom is -0.355 e. The number of nitrogens with zero attached hydrogens (tertiary/aromatic N) is 3. The molecule has 0 atom stereocenters. The molecule has 0 saturated carbocycles. The van der Waals surface area contributed by atoms with E-state index in [9.17, 15) is 13.2 Å². The molecule has 22 heavy (non-hydrogen) atoms. The van der Waals surface area contributed by atoms with E-state index in [0.717, 1.165) is 19.4 Å². The van der Waals surface area contributed by atoms with Gasteiger partial charge in [0.25, 0.3) is 10.2 Å². The summed E-state index contributed by atoms with van der Waals surface area (Å²) in [4.78, 5) is 14.1. The quantitative estimate of drug-likeness (QED) is 0.726. The molecule has 0 radical (unpaired) electrons. The molecular weight excluding hydrogens is 304 g/mol. The van der Waals surface area contributed by atoms with E-state index < -0.39 is 10.2 Å². The van der Waals surface area contributed by atoms with Crippen LogP contribution >= 0.6 is 0 Å². The van der Waals surface area contributed by atoms with Crippen molar-refractivity contribution in [3.05, 3.63) is 0 Å². The summed E-state index contributed by atoms with van der Waals surface area (Å²) >= 11 is 0. The molecule has 2 aliphatic rings. The molecule has 2 aliphatic heterocycles. The average molecular weight is 332 g/mol. The minimum atomic E-state index is -3.31. The lowest BCUT2D eigenvalue weighted by Crippen LogP contribution is -2.48. The first kappa shape index (κ1) is 17.7. The van der Waals surface area contributed by atoms with E-state index in [2.05, 4.69) is 5.32 Å². The van der Waals surface area contributed by atoms with Gasteiger partial charge in [-0.1, -0.05) is 0 Å². The Morgan fingerprint density at radius 2 is 1.64 bits per heavy atom. The topological polar surface area (TPSA) is 73.0 Å². The molecule has 0 aromatic rings. The molecule has 2 saturated heterocycles. The van der Waals surface area contributed by atoms with Crippen molar-refractivity contribution in [1.82, 2.24) is 18.8 Å². The van der Waals surface area contributed by atoms with E-state index in [-0.39, 0.29) is 11.8 Å². The van der Waals surface area contributed by atoms with Crippen molar-refractivity contribution >= 4 is 16.1 Å². The zero-order valence-electron chi connectivity index (χ0n) is 13.6. The van der Waals surface area contributed by atoms with Crippen molar-refractivity contribution in [3.8, 4) is 0 Å². The van der Waals surface area contributed by atoms with E-state index >= 15 is 0 Å². The van der Waals surface area contributed by atoms with Crippen LogP contribution < -0.4 is 5.32 Å². The first-order chi connectivity index (χ1) is 10.4. The SMILES string of the molecule is CN(C)CCNC(=O)C1CCN(S(=O)(=O)N2CCCC2)CC1. The number of likely N-dealkylation sites (N-methyl/N-ethyl adjacent to an activating group) is 1. The third-order valence-electron chi connectivity index (χ3n) is 4.40. The largest absolute Gasteiger partial charge is 0.355 e. The fourth-order valence-electron chi connectivity index (χ4n) is 2.98. The minimum absolute atomic E-state index is 0.0556. The number of hydrogen-bond acceptors (Lipinski definition) is 4. The molecule has 1 N–H and O–H groups in total. The van der Waals surface area contributed by atoms with Crippen LogP contribution in [0.3, 0.4) is 0 Å². The summed E-state index contributed by atoms with van der Waals surface area (Å²) in [6.45, 7) is 3.61. The maximum absolute atomic E-state index is 12.5. The van der Waals surface area contributed by atoms with Crippen LogP contribution in [-0.4, -0.2) is 81.2 Å². The standard InChI is InChI=1S/C14H28N4O3S/c1-16(2)12-7-15-14(19)13-5-10-18(11-6-13)22(20,21)17-8-3-4-9-17/h13H,3-12H2,1-2H3,(H,15,19). The molecule has 0 aromatic carbocycles. The zero-order chi connectivity index (χ0) is 16.2. The Morgan fingerprint density at radius 1 is 1.09 bits per heavy atom. The summed E-state index contributed by atoms with van der Waals surface area (Å²) in [6.07, 6.45) is 3.12. The predicted molar refractivity (Wildman–Crippen MR) is 85.6 cm³/mol. The highest BCUT2D eigenvalue weighted by Gasteiger charge is 2.35. The molecule has 2 heterocycles. The van der Waals surface area contributed by atoms with Crippen molar-refractivity contribution < 1.29 is 13.2 Å². The number of nitrogens with one attached hydrogen (secondary N) is 1. The average Bonchev–Trinajstić information content (AvgIpc) is 3.02. The monoisotopic (exact) mass is 332 g/mol. The van der Waals surface area contributed by atoms with E-state index in [4.69, 9.17) is 0 Å². The van der Waals surface area contributed by atoms with Gasteiger partial charge in [0.1, 0.15) is 0 Å². The second kappa shape index (κ2) is 7.72.